The first-order chi connectivity index (χ1) is 0. The van der Waals surface area contributed by atoms with Crippen LogP contribution in [0.15, 0.2) is 0 Å². The van der Waals surface area contributed by atoms with E-state index < -0.39 is 0 Å². The molecule has 0 amide bonds. The van der Waals surface area contributed by atoms with E-state index in [1.807, 2.05) is 0 Å². The van der Waals surface area contributed by atoms with E-state index in [0.29, 0.717) is 0 Å². The van der Waals surface area contributed by atoms with Crippen LogP contribution in [0, 0.1) is 40.8 Å². The minimum Gasteiger partial charge on any atom is 0 e. The molecule has 5 radical (unpaired) electrons. The number of hydrogen-bond acceptors (Lipinski definition) is 0. The predicted octanol–water partition coefficient (Wildman–Crippen LogP) is -0.393. The molecule has 43 valence electrons. The largest absolute Gasteiger partial charge is 0 e. The molecule has 0 saturated heterocycles. The molecule has 0 saturated carbocycles. The van der Waals surface area contributed by atoms with Crippen molar-refractivity contribution in [3.8, 4) is 0 Å². The van der Waals surface area contributed by atoms with Crippen LogP contribution in [-0.4, -0.2) is 8.41 Å². The van der Waals surface area contributed by atoms with Crippen LogP contribution in [0.4, 0.5) is 0 Å². The summed E-state index contributed by atoms with van der Waals surface area (Å²) in [6.07, 6.45) is 0. The molecule has 0 aliphatic carbocycles. The summed E-state index contributed by atoms with van der Waals surface area (Å²) in [7, 11) is 0. The van der Waals surface area contributed by atoms with Crippen LogP contribution in [0.2, 0.25) is 0 Å². The summed E-state index contributed by atoms with van der Waals surface area (Å²) in [6, 6.07) is 0. The Morgan fingerprint density at radius 3 is 1.00 bits per heavy atom. The topological polar surface area (TPSA) is 0 Å². The molecule has 0 spiro atoms. The molecule has 0 aromatic rings. The second-order valence-corrected chi connectivity index (χ2v) is 0. The SMILES string of the molecule is [B].[Co].[Cr].[Hf].[Nd].[Pt].[Re]. The molecule has 0 unspecified atom stereocenters. The third-order valence-corrected chi connectivity index (χ3v) is 0. The normalized spacial score (nSPS) is 0. The monoisotopic (exact) mass is 826 g/mol. The van der Waals surface area contributed by atoms with Gasteiger partial charge in [-0.15, -0.1) is 0 Å². The van der Waals surface area contributed by atoms with Gasteiger partial charge in [0.05, 0.1) is 0 Å². The van der Waals surface area contributed by atoms with Crippen molar-refractivity contribution in [1.82, 2.24) is 0 Å². The van der Waals surface area contributed by atoms with Gasteiger partial charge in [-0.2, -0.15) is 0 Å². The second-order valence-electron chi connectivity index (χ2n) is 0. The van der Waals surface area contributed by atoms with E-state index in [2.05, 4.69) is 0 Å². The molecule has 7 heavy (non-hydrogen) atoms. The van der Waals surface area contributed by atoms with Crippen molar-refractivity contribution in [2.75, 3.05) is 0 Å². The Morgan fingerprint density at radius 2 is 1.00 bits per heavy atom. The zero-order chi connectivity index (χ0) is 0. The minimum atomic E-state index is 0. The van der Waals surface area contributed by atoms with Crippen LogP contribution in [-0.2, 0) is 101 Å². The zero-order valence-electron chi connectivity index (χ0n) is 3.01. The van der Waals surface area contributed by atoms with Crippen molar-refractivity contribution in [3.05, 3.63) is 0 Å². The Hall–Kier alpha value is 4.68. The molecule has 0 aromatic carbocycles. The predicted molar refractivity (Wildman–Crippen MR) is 5.75 cm³/mol. The molecule has 0 fully saturated rings. The van der Waals surface area contributed by atoms with Gasteiger partial charge in [0.25, 0.3) is 0 Å². The Balaban J connectivity index is 0. The molecule has 0 rings (SSSR count). The molecule has 0 aliphatic heterocycles. The van der Waals surface area contributed by atoms with Crippen LogP contribution in [0.3, 0.4) is 0 Å². The minimum absolute atomic E-state index is 0. The first-order valence-corrected chi connectivity index (χ1v) is 0. The van der Waals surface area contributed by atoms with Gasteiger partial charge in [-0.1, -0.05) is 0 Å². The van der Waals surface area contributed by atoms with Gasteiger partial charge in [-0.3, -0.25) is 0 Å². The summed E-state index contributed by atoms with van der Waals surface area (Å²) in [6.45, 7) is 0. The average Bonchev–Trinajstić information content (AvgIpc) is 0. The molecular weight excluding hydrogens is 826 g/mol. The van der Waals surface area contributed by atoms with Crippen LogP contribution >= 0.6 is 0 Å². The van der Waals surface area contributed by atoms with E-state index in [1.165, 1.54) is 0 Å². The molecule has 0 bridgehead atoms. The van der Waals surface area contributed by atoms with E-state index in [4.69, 9.17) is 0 Å². The maximum absolute atomic E-state index is 0. The van der Waals surface area contributed by atoms with Gasteiger partial charge in [-0.25, -0.2) is 0 Å². The average molecular weight is 826 g/mol. The molecule has 0 nitrogen and oxygen atoms in total. The van der Waals surface area contributed by atoms with E-state index >= 15 is 0 Å². The third kappa shape index (κ3) is 36.8. The molecule has 0 aromatic heterocycles. The Morgan fingerprint density at radius 1 is 1.00 bits per heavy atom. The first kappa shape index (κ1) is 60.9. The quantitative estimate of drug-likeness (QED) is 0.293. The summed E-state index contributed by atoms with van der Waals surface area (Å²) < 4.78 is 0. The fourth-order valence-corrected chi connectivity index (χ4v) is 0. The van der Waals surface area contributed by atoms with Crippen molar-refractivity contribution in [3.63, 3.8) is 0 Å². The summed E-state index contributed by atoms with van der Waals surface area (Å²) in [4.78, 5) is 0. The third-order valence-electron chi connectivity index (χ3n) is 0. The molecule has 0 N–H and O–H groups in total. The summed E-state index contributed by atoms with van der Waals surface area (Å²) in [5.41, 5.74) is 0. The van der Waals surface area contributed by atoms with Crippen molar-refractivity contribution in [2.45, 2.75) is 0 Å². The number of hydrogen-bond donors (Lipinski definition) is 0. The van der Waals surface area contributed by atoms with Gasteiger partial charge >= 0.3 is 0 Å². The van der Waals surface area contributed by atoms with Crippen LogP contribution in [0.25, 0.3) is 0 Å². The maximum Gasteiger partial charge on any atom is 0 e. The zero-order valence-corrected chi connectivity index (χ0v) is 17.1. The van der Waals surface area contributed by atoms with Gasteiger partial charge in [0.1, 0.15) is 0 Å². The smallest absolute Gasteiger partial charge is 0 e. The molecule has 7 heteroatoms. The standard InChI is InChI=1S/B.Co.Cr.Hf.Nd.Pt.Re. The van der Waals surface area contributed by atoms with E-state index in [9.17, 15) is 0 Å². The Bertz CT molecular complexity index is 19.7. The number of rotatable bonds is 0. The van der Waals surface area contributed by atoms with Crippen molar-refractivity contribution in [1.29, 1.82) is 0 Å². The summed E-state index contributed by atoms with van der Waals surface area (Å²) >= 11 is 0. The van der Waals surface area contributed by atoms with Crippen molar-refractivity contribution < 1.29 is 142 Å². The van der Waals surface area contributed by atoms with E-state index in [1.54, 1.807) is 0 Å². The van der Waals surface area contributed by atoms with Gasteiger partial charge in [0.15, 0.2) is 0 Å². The van der Waals surface area contributed by atoms with Crippen LogP contribution in [0.5, 0.6) is 0 Å². The van der Waals surface area contributed by atoms with Crippen molar-refractivity contribution in [2.24, 2.45) is 0 Å². The van der Waals surface area contributed by atoms with Crippen molar-refractivity contribution >= 4 is 8.41 Å². The fourth-order valence-electron chi connectivity index (χ4n) is 0. The van der Waals surface area contributed by atoms with E-state index in [-0.39, 0.29) is 151 Å². The maximum atomic E-state index is 0. The first-order valence-electron chi connectivity index (χ1n) is 0. The van der Waals surface area contributed by atoms with Crippen LogP contribution in [0.1, 0.15) is 0 Å². The van der Waals surface area contributed by atoms with Gasteiger partial charge < -0.3 is 0 Å². The van der Waals surface area contributed by atoms with E-state index in [0.717, 1.165) is 0 Å². The van der Waals surface area contributed by atoms with Gasteiger partial charge in [0.2, 0.25) is 0 Å². The second kappa shape index (κ2) is 45.7. The fraction of sp³-hybridized carbons (Fsp3) is 0. The Labute approximate surface area is 147 Å². The molecule has 0 heterocycles. The Kier molecular flexibility index (Phi) is 398. The molecule has 0 atom stereocenters. The van der Waals surface area contributed by atoms with Gasteiger partial charge in [0, 0.05) is 151 Å². The summed E-state index contributed by atoms with van der Waals surface area (Å²) in [5, 5.41) is 0. The molecular formula is BCoCrHfNdPtRe. The summed E-state index contributed by atoms with van der Waals surface area (Å²) in [5.74, 6) is 0. The molecule has 0 aliphatic rings. The van der Waals surface area contributed by atoms with Crippen LogP contribution < -0.4 is 0 Å². The van der Waals surface area contributed by atoms with Gasteiger partial charge in [-0.05, 0) is 0 Å².